The van der Waals surface area contributed by atoms with Gasteiger partial charge in [-0.05, 0) is 6.42 Å². The number of aliphatic hydroxyl groups is 2. The smallest absolute Gasteiger partial charge is 0.387 e. The van der Waals surface area contributed by atoms with Gasteiger partial charge < -0.3 is 29.7 Å². The van der Waals surface area contributed by atoms with Gasteiger partial charge in [0.15, 0.2) is 12.8 Å². The second kappa shape index (κ2) is 9.46. The van der Waals surface area contributed by atoms with E-state index in [1.807, 2.05) is 0 Å². The standard InChI is InChI=1S/C15H23F3N2O7.CH4/c1-20(2,14(24)15(16,17)18)7-9(21)19-6-8-12-10(22)11(23)13(27-8)26-5-3-4-25-12;/h8,10-13,22-23H,3-7H2,1-2H3;1H4/p+1. The summed E-state index contributed by atoms with van der Waals surface area (Å²) in [5, 5.41) is 22.5. The van der Waals surface area contributed by atoms with E-state index in [4.69, 9.17) is 14.2 Å². The van der Waals surface area contributed by atoms with Gasteiger partial charge in [0.2, 0.25) is 0 Å². The first-order valence-electron chi connectivity index (χ1n) is 8.39. The van der Waals surface area contributed by atoms with Gasteiger partial charge in [-0.2, -0.15) is 13.2 Å². The van der Waals surface area contributed by atoms with Crippen LogP contribution in [-0.4, -0.2) is 104 Å². The lowest BCUT2D eigenvalue weighted by atomic mass is 9.98. The molecule has 5 atom stereocenters. The highest BCUT2D eigenvalue weighted by Crippen LogP contribution is 2.26. The molecule has 0 saturated carbocycles. The molecule has 0 spiro atoms. The number of quaternary nitrogens is 1. The highest BCUT2D eigenvalue weighted by atomic mass is 19.4. The summed E-state index contributed by atoms with van der Waals surface area (Å²) in [6.45, 7) is -0.459. The molecular formula is C16H28F3N2O7+. The van der Waals surface area contributed by atoms with Crippen LogP contribution in [0.4, 0.5) is 13.2 Å². The molecule has 28 heavy (non-hydrogen) atoms. The maximum atomic E-state index is 12.6. The quantitative estimate of drug-likeness (QED) is 0.511. The average Bonchev–Trinajstić information content (AvgIpc) is 2.70. The number of carbonyl (C=O) groups is 2. The molecule has 0 radical (unpaired) electrons. The van der Waals surface area contributed by atoms with E-state index in [1.54, 1.807) is 0 Å². The van der Waals surface area contributed by atoms with Gasteiger partial charge in [0.1, 0.15) is 24.4 Å². The second-order valence-corrected chi connectivity index (χ2v) is 7.03. The van der Waals surface area contributed by atoms with Crippen LogP contribution in [-0.2, 0) is 23.8 Å². The Hall–Kier alpha value is -1.31. The van der Waals surface area contributed by atoms with Crippen molar-refractivity contribution < 1.29 is 51.7 Å². The summed E-state index contributed by atoms with van der Waals surface area (Å²) in [5.74, 6) is -2.86. The van der Waals surface area contributed by atoms with Crippen molar-refractivity contribution in [3.63, 3.8) is 0 Å². The van der Waals surface area contributed by atoms with Crippen molar-refractivity contribution >= 4 is 11.8 Å². The van der Waals surface area contributed by atoms with Crippen LogP contribution < -0.4 is 5.32 Å². The van der Waals surface area contributed by atoms with Crippen molar-refractivity contribution in [2.75, 3.05) is 40.4 Å². The number of hydrogen-bond acceptors (Lipinski definition) is 7. The molecule has 3 heterocycles. The molecule has 0 aromatic carbocycles. The van der Waals surface area contributed by atoms with E-state index in [-0.39, 0.29) is 27.2 Å². The molecule has 0 aliphatic carbocycles. The van der Waals surface area contributed by atoms with Crippen LogP contribution in [0, 0.1) is 0 Å². The fraction of sp³-hybridized carbons (Fsp3) is 0.875. The highest BCUT2D eigenvalue weighted by Gasteiger charge is 2.51. The fourth-order valence-electron chi connectivity index (χ4n) is 2.94. The fourth-order valence-corrected chi connectivity index (χ4v) is 2.94. The van der Waals surface area contributed by atoms with Gasteiger partial charge in [-0.3, -0.25) is 4.79 Å². The lowest BCUT2D eigenvalue weighted by Crippen LogP contribution is -2.62. The minimum absolute atomic E-state index is 0. The lowest BCUT2D eigenvalue weighted by Gasteiger charge is -2.41. The minimum atomic E-state index is -5.06. The molecule has 3 rings (SSSR count). The second-order valence-electron chi connectivity index (χ2n) is 7.03. The molecule has 3 aliphatic rings. The van der Waals surface area contributed by atoms with Crippen LogP contribution in [0.1, 0.15) is 13.8 Å². The molecule has 0 aromatic heterocycles. The maximum absolute atomic E-state index is 12.6. The van der Waals surface area contributed by atoms with Crippen molar-refractivity contribution in [3.8, 4) is 0 Å². The Balaban J connectivity index is 0.00000392. The zero-order chi connectivity index (χ0) is 20.4. The molecule has 9 nitrogen and oxygen atoms in total. The van der Waals surface area contributed by atoms with Crippen molar-refractivity contribution in [1.82, 2.24) is 5.32 Å². The molecule has 5 unspecified atom stereocenters. The van der Waals surface area contributed by atoms with Crippen molar-refractivity contribution in [2.45, 2.75) is 50.7 Å². The topological polar surface area (TPSA) is 114 Å². The zero-order valence-electron chi connectivity index (χ0n) is 14.9. The van der Waals surface area contributed by atoms with Crippen LogP contribution in [0.25, 0.3) is 0 Å². The van der Waals surface area contributed by atoms with Gasteiger partial charge in [0.25, 0.3) is 5.91 Å². The lowest BCUT2D eigenvalue weighted by molar-refractivity contribution is -0.811. The van der Waals surface area contributed by atoms with Gasteiger partial charge >= 0.3 is 12.1 Å². The first-order valence-corrected chi connectivity index (χ1v) is 8.39. The third-order valence-electron chi connectivity index (χ3n) is 4.35. The number of hydrogen-bond donors (Lipinski definition) is 3. The number of ether oxygens (including phenoxy) is 3. The molecule has 2 bridgehead atoms. The van der Waals surface area contributed by atoms with E-state index < -0.39 is 59.7 Å². The van der Waals surface area contributed by atoms with Crippen molar-refractivity contribution in [1.29, 1.82) is 0 Å². The Morgan fingerprint density at radius 1 is 1.14 bits per heavy atom. The highest BCUT2D eigenvalue weighted by molar-refractivity contribution is 5.81. The van der Waals surface area contributed by atoms with Gasteiger partial charge in [-0.25, -0.2) is 9.28 Å². The molecule has 2 amide bonds. The summed E-state index contributed by atoms with van der Waals surface area (Å²) in [4.78, 5) is 23.4. The number of rotatable bonds is 4. The van der Waals surface area contributed by atoms with E-state index >= 15 is 0 Å². The number of carbonyl (C=O) groups excluding carboxylic acids is 2. The maximum Gasteiger partial charge on any atom is 0.509 e. The number of halogens is 3. The molecular weight excluding hydrogens is 389 g/mol. The Labute approximate surface area is 160 Å². The molecule has 3 N–H and O–H groups in total. The third kappa shape index (κ3) is 5.84. The van der Waals surface area contributed by atoms with Crippen molar-refractivity contribution in [2.24, 2.45) is 0 Å². The summed E-state index contributed by atoms with van der Waals surface area (Å²) in [6, 6.07) is 0. The predicted octanol–water partition coefficient (Wildman–Crippen LogP) is -0.844. The summed E-state index contributed by atoms with van der Waals surface area (Å²) >= 11 is 0. The minimum Gasteiger partial charge on any atom is -0.387 e. The summed E-state index contributed by atoms with van der Waals surface area (Å²) in [7, 11) is 1.95. The molecule has 3 aliphatic heterocycles. The van der Waals surface area contributed by atoms with Gasteiger partial charge in [0.05, 0.1) is 20.7 Å². The number of amides is 2. The van der Waals surface area contributed by atoms with E-state index in [0.29, 0.717) is 6.42 Å². The number of nitrogens with one attached hydrogen (secondary N) is 1. The SMILES string of the molecule is C.C[N+](C)(CC(=O)NCC1OC2OCCCOC1C(O)C2O)C(=O)C(F)(F)F. The number of nitrogens with zero attached hydrogens (tertiary/aromatic N) is 1. The third-order valence-corrected chi connectivity index (χ3v) is 4.35. The van der Waals surface area contributed by atoms with E-state index in [1.165, 1.54) is 0 Å². The van der Waals surface area contributed by atoms with E-state index in [2.05, 4.69) is 5.32 Å². The van der Waals surface area contributed by atoms with E-state index in [0.717, 1.165) is 14.1 Å². The largest absolute Gasteiger partial charge is 0.509 e. The number of alkyl halides is 3. The van der Waals surface area contributed by atoms with Gasteiger partial charge in [-0.15, -0.1) is 0 Å². The molecule has 3 saturated heterocycles. The Bertz CT molecular complexity index is 557. The first kappa shape index (κ1) is 24.7. The molecule has 3 fully saturated rings. The van der Waals surface area contributed by atoms with Crippen LogP contribution in [0.5, 0.6) is 0 Å². The summed E-state index contributed by atoms with van der Waals surface area (Å²) in [5.41, 5.74) is 0. The number of aliphatic hydroxyl groups excluding tert-OH is 2. The zero-order valence-corrected chi connectivity index (χ0v) is 14.9. The Morgan fingerprint density at radius 2 is 1.75 bits per heavy atom. The Morgan fingerprint density at radius 3 is 2.36 bits per heavy atom. The van der Waals surface area contributed by atoms with Gasteiger partial charge in [-0.1, -0.05) is 7.43 Å². The van der Waals surface area contributed by atoms with Crippen LogP contribution in [0.15, 0.2) is 0 Å². The Kier molecular flexibility index (Phi) is 8.35. The summed E-state index contributed by atoms with van der Waals surface area (Å²) < 4.78 is 52.9. The monoisotopic (exact) mass is 417 g/mol. The summed E-state index contributed by atoms with van der Waals surface area (Å²) in [6.07, 6.45) is -10.1. The molecule has 0 aromatic rings. The van der Waals surface area contributed by atoms with Gasteiger partial charge in [0, 0.05) is 13.2 Å². The van der Waals surface area contributed by atoms with Crippen molar-refractivity contribution in [3.05, 3.63) is 0 Å². The molecule has 164 valence electrons. The van der Waals surface area contributed by atoms with Crippen LogP contribution in [0.3, 0.4) is 0 Å². The molecule has 12 heteroatoms. The first-order chi connectivity index (χ1) is 12.4. The van der Waals surface area contributed by atoms with E-state index in [9.17, 15) is 33.0 Å². The van der Waals surface area contributed by atoms with Crippen LogP contribution in [0.2, 0.25) is 0 Å². The van der Waals surface area contributed by atoms with Crippen LogP contribution >= 0.6 is 0 Å². The average molecular weight is 417 g/mol. The number of fused-ring (bicyclic) bond motifs is 6. The predicted molar refractivity (Wildman–Crippen MR) is 88.8 cm³/mol. The number of likely N-dealkylation sites (N-methyl/N-ethyl adjacent to an activating group) is 1. The normalized spacial score (nSPS) is 31.2.